The Labute approximate surface area is 122 Å². The number of fused-ring (bicyclic) bond motifs is 1. The highest BCUT2D eigenvalue weighted by Gasteiger charge is 2.09. The largest absolute Gasteiger partial charge is 0.354 e. The Morgan fingerprint density at radius 2 is 1.76 bits per heavy atom. The maximum absolute atomic E-state index is 13.8. The van der Waals surface area contributed by atoms with Gasteiger partial charge in [-0.3, -0.25) is 0 Å². The van der Waals surface area contributed by atoms with E-state index in [4.69, 9.17) is 0 Å². The second-order valence-corrected chi connectivity index (χ2v) is 4.55. The highest BCUT2D eigenvalue weighted by molar-refractivity contribution is 5.91. The minimum Gasteiger partial charge on any atom is -0.354 e. The molecule has 4 nitrogen and oxygen atoms in total. The first kappa shape index (κ1) is 13.3. The van der Waals surface area contributed by atoms with Crippen LogP contribution in [0, 0.1) is 5.82 Å². The SMILES string of the molecule is CCNc1nc(Nc2ccccc2F)c2ccccc2n1. The van der Waals surface area contributed by atoms with E-state index in [1.165, 1.54) is 6.07 Å². The van der Waals surface area contributed by atoms with Crippen LogP contribution in [0.25, 0.3) is 10.9 Å². The molecule has 0 radical (unpaired) electrons. The first-order valence-electron chi connectivity index (χ1n) is 6.80. The van der Waals surface area contributed by atoms with Gasteiger partial charge in [0.05, 0.1) is 11.2 Å². The zero-order chi connectivity index (χ0) is 14.7. The van der Waals surface area contributed by atoms with E-state index in [1.807, 2.05) is 31.2 Å². The number of nitrogens with zero attached hydrogens (tertiary/aromatic N) is 2. The minimum absolute atomic E-state index is 0.315. The molecule has 0 atom stereocenters. The first-order chi connectivity index (χ1) is 10.3. The second kappa shape index (κ2) is 5.75. The van der Waals surface area contributed by atoms with Gasteiger partial charge >= 0.3 is 0 Å². The third-order valence-electron chi connectivity index (χ3n) is 3.07. The summed E-state index contributed by atoms with van der Waals surface area (Å²) in [5.41, 5.74) is 1.20. The molecule has 0 bridgehead atoms. The summed E-state index contributed by atoms with van der Waals surface area (Å²) in [5.74, 6) is 0.793. The van der Waals surface area contributed by atoms with Crippen molar-refractivity contribution in [3.05, 3.63) is 54.3 Å². The number of anilines is 3. The van der Waals surface area contributed by atoms with E-state index in [9.17, 15) is 4.39 Å². The van der Waals surface area contributed by atoms with Crippen molar-refractivity contribution in [1.29, 1.82) is 0 Å². The number of aromatic nitrogens is 2. The third kappa shape index (κ3) is 2.76. The molecule has 0 saturated carbocycles. The Morgan fingerprint density at radius 1 is 1.00 bits per heavy atom. The van der Waals surface area contributed by atoms with Crippen molar-refractivity contribution in [3.63, 3.8) is 0 Å². The van der Waals surface area contributed by atoms with Crippen LogP contribution in [0.15, 0.2) is 48.5 Å². The van der Waals surface area contributed by atoms with Gasteiger partial charge in [0, 0.05) is 11.9 Å². The smallest absolute Gasteiger partial charge is 0.225 e. The van der Waals surface area contributed by atoms with Crippen LogP contribution in [-0.2, 0) is 0 Å². The lowest BCUT2D eigenvalue weighted by Crippen LogP contribution is -2.05. The van der Waals surface area contributed by atoms with Crippen molar-refractivity contribution in [1.82, 2.24) is 9.97 Å². The van der Waals surface area contributed by atoms with Crippen LogP contribution >= 0.6 is 0 Å². The molecule has 3 aromatic rings. The molecule has 5 heteroatoms. The molecule has 0 fully saturated rings. The van der Waals surface area contributed by atoms with Crippen molar-refractivity contribution in [2.75, 3.05) is 17.2 Å². The molecule has 0 unspecified atom stereocenters. The quantitative estimate of drug-likeness (QED) is 0.761. The number of benzene rings is 2. The minimum atomic E-state index is -0.315. The summed E-state index contributed by atoms with van der Waals surface area (Å²) < 4.78 is 13.8. The summed E-state index contributed by atoms with van der Waals surface area (Å²) in [5, 5.41) is 6.98. The lowest BCUT2D eigenvalue weighted by atomic mass is 10.2. The van der Waals surface area contributed by atoms with Crippen molar-refractivity contribution in [2.45, 2.75) is 6.92 Å². The van der Waals surface area contributed by atoms with Gasteiger partial charge in [-0.25, -0.2) is 9.37 Å². The molecule has 0 aliphatic carbocycles. The van der Waals surface area contributed by atoms with E-state index in [0.717, 1.165) is 17.4 Å². The summed E-state index contributed by atoms with van der Waals surface area (Å²) >= 11 is 0. The highest BCUT2D eigenvalue weighted by atomic mass is 19.1. The number of para-hydroxylation sites is 2. The highest BCUT2D eigenvalue weighted by Crippen LogP contribution is 2.26. The Morgan fingerprint density at radius 3 is 2.57 bits per heavy atom. The summed E-state index contributed by atoms with van der Waals surface area (Å²) in [4.78, 5) is 8.86. The molecule has 0 aliphatic heterocycles. The Kier molecular flexibility index (Phi) is 3.64. The van der Waals surface area contributed by atoms with E-state index < -0.39 is 0 Å². The van der Waals surface area contributed by atoms with Crippen molar-refractivity contribution in [2.24, 2.45) is 0 Å². The summed E-state index contributed by atoms with van der Waals surface area (Å²) in [6, 6.07) is 14.2. The molecule has 1 heterocycles. The monoisotopic (exact) mass is 282 g/mol. The number of nitrogens with one attached hydrogen (secondary N) is 2. The second-order valence-electron chi connectivity index (χ2n) is 4.55. The van der Waals surface area contributed by atoms with E-state index in [-0.39, 0.29) is 5.82 Å². The molecule has 0 saturated heterocycles. The predicted molar refractivity (Wildman–Crippen MR) is 83.4 cm³/mol. The zero-order valence-electron chi connectivity index (χ0n) is 11.6. The van der Waals surface area contributed by atoms with E-state index in [1.54, 1.807) is 18.2 Å². The maximum Gasteiger partial charge on any atom is 0.225 e. The maximum atomic E-state index is 13.8. The summed E-state index contributed by atoms with van der Waals surface area (Å²) in [6.07, 6.45) is 0. The first-order valence-corrected chi connectivity index (χ1v) is 6.80. The van der Waals surface area contributed by atoms with Crippen molar-refractivity contribution < 1.29 is 4.39 Å². The van der Waals surface area contributed by atoms with Crippen LogP contribution in [0.4, 0.5) is 21.8 Å². The molecule has 0 amide bonds. The molecule has 21 heavy (non-hydrogen) atoms. The third-order valence-corrected chi connectivity index (χ3v) is 3.07. The van der Waals surface area contributed by atoms with Gasteiger partial charge in [-0.05, 0) is 31.2 Å². The number of hydrogen-bond donors (Lipinski definition) is 2. The van der Waals surface area contributed by atoms with Gasteiger partial charge in [0.15, 0.2) is 0 Å². The van der Waals surface area contributed by atoms with Gasteiger partial charge in [-0.2, -0.15) is 4.98 Å². The molecule has 3 rings (SSSR count). The molecular weight excluding hydrogens is 267 g/mol. The van der Waals surface area contributed by atoms with Gasteiger partial charge in [-0.1, -0.05) is 24.3 Å². The van der Waals surface area contributed by atoms with Gasteiger partial charge in [-0.15, -0.1) is 0 Å². The molecule has 0 spiro atoms. The van der Waals surface area contributed by atoms with Crippen molar-refractivity contribution in [3.8, 4) is 0 Å². The summed E-state index contributed by atoms with van der Waals surface area (Å²) in [7, 11) is 0. The van der Waals surface area contributed by atoms with E-state index >= 15 is 0 Å². The molecule has 2 aromatic carbocycles. The fourth-order valence-electron chi connectivity index (χ4n) is 2.10. The topological polar surface area (TPSA) is 49.8 Å². The molecular formula is C16H15FN4. The lowest BCUT2D eigenvalue weighted by Gasteiger charge is -2.11. The number of halogens is 1. The standard InChI is InChI=1S/C16H15FN4/c1-2-18-16-20-13-9-5-3-7-11(13)15(21-16)19-14-10-6-4-8-12(14)17/h3-10H,2H2,1H3,(H2,18,19,20,21). The average Bonchev–Trinajstić information content (AvgIpc) is 2.50. The normalized spacial score (nSPS) is 10.6. The molecule has 1 aromatic heterocycles. The average molecular weight is 282 g/mol. The van der Waals surface area contributed by atoms with Gasteiger partial charge in [0.1, 0.15) is 11.6 Å². The van der Waals surface area contributed by atoms with Crippen LogP contribution in [0.2, 0.25) is 0 Å². The lowest BCUT2D eigenvalue weighted by molar-refractivity contribution is 0.632. The van der Waals surface area contributed by atoms with Crippen LogP contribution < -0.4 is 10.6 Å². The fourth-order valence-corrected chi connectivity index (χ4v) is 2.10. The van der Waals surface area contributed by atoms with E-state index in [2.05, 4.69) is 20.6 Å². The van der Waals surface area contributed by atoms with Crippen LogP contribution in [-0.4, -0.2) is 16.5 Å². The van der Waals surface area contributed by atoms with Gasteiger partial charge in [0.2, 0.25) is 5.95 Å². The Balaban J connectivity index is 2.09. The molecule has 106 valence electrons. The van der Waals surface area contributed by atoms with Crippen LogP contribution in [0.5, 0.6) is 0 Å². The Bertz CT molecular complexity index is 773. The number of hydrogen-bond acceptors (Lipinski definition) is 4. The predicted octanol–water partition coefficient (Wildman–Crippen LogP) is 3.94. The fraction of sp³-hybridized carbons (Fsp3) is 0.125. The van der Waals surface area contributed by atoms with Gasteiger partial charge < -0.3 is 10.6 Å². The summed E-state index contributed by atoms with van der Waals surface area (Å²) in [6.45, 7) is 2.69. The van der Waals surface area contributed by atoms with Crippen molar-refractivity contribution >= 4 is 28.4 Å². The number of rotatable bonds is 4. The van der Waals surface area contributed by atoms with Crippen LogP contribution in [0.1, 0.15) is 6.92 Å². The van der Waals surface area contributed by atoms with E-state index in [0.29, 0.717) is 17.5 Å². The molecule has 2 N–H and O–H groups in total. The van der Waals surface area contributed by atoms with Gasteiger partial charge in [0.25, 0.3) is 0 Å². The zero-order valence-corrected chi connectivity index (χ0v) is 11.6. The Hall–Kier alpha value is -2.69. The molecule has 0 aliphatic rings. The van der Waals surface area contributed by atoms with Crippen LogP contribution in [0.3, 0.4) is 0 Å².